The molecule has 0 fully saturated rings. The maximum absolute atomic E-state index is 13.3. The summed E-state index contributed by atoms with van der Waals surface area (Å²) >= 11 is 1.47. The van der Waals surface area contributed by atoms with E-state index in [1.807, 2.05) is 13.0 Å². The molecule has 2 aromatic rings. The van der Waals surface area contributed by atoms with Crippen molar-refractivity contribution in [3.05, 3.63) is 56.5 Å². The zero-order valence-electron chi connectivity index (χ0n) is 12.8. The number of nitrogens with zero attached hydrogens (tertiary/aromatic N) is 1. The Hall–Kier alpha value is -2.21. The third kappa shape index (κ3) is 3.42. The topological polar surface area (TPSA) is 49.4 Å². The van der Waals surface area contributed by atoms with E-state index in [1.165, 1.54) is 23.5 Å². The van der Waals surface area contributed by atoms with Gasteiger partial charge >= 0.3 is 0 Å². The van der Waals surface area contributed by atoms with Crippen molar-refractivity contribution >= 4 is 23.7 Å². The number of hydrogen-bond donors (Lipinski definition) is 1. The number of carbonyl (C=O) groups is 2. The van der Waals surface area contributed by atoms with Crippen molar-refractivity contribution in [2.45, 2.75) is 26.4 Å². The van der Waals surface area contributed by atoms with E-state index in [1.54, 1.807) is 11.0 Å². The van der Waals surface area contributed by atoms with Crippen LogP contribution in [0.3, 0.4) is 0 Å². The fourth-order valence-corrected chi connectivity index (χ4v) is 3.73. The molecule has 0 saturated heterocycles. The van der Waals surface area contributed by atoms with Crippen LogP contribution < -0.4 is 5.32 Å². The molecule has 0 radical (unpaired) electrons. The largest absolute Gasteiger partial charge is 0.347 e. The summed E-state index contributed by atoms with van der Waals surface area (Å²) < 4.78 is 13.3. The van der Waals surface area contributed by atoms with Gasteiger partial charge in [-0.05, 0) is 48.2 Å². The van der Waals surface area contributed by atoms with Crippen LogP contribution in [-0.2, 0) is 24.3 Å². The molecule has 1 aromatic carbocycles. The molecule has 120 valence electrons. The lowest BCUT2D eigenvalue weighted by Crippen LogP contribution is -2.27. The molecule has 0 atom stereocenters. The standard InChI is InChI=1S/C17H17FN2O2S/c1-11-2-3-14(18)6-12(11)8-19-17(22)16-7-13-9-20(10-21)5-4-15(13)23-16/h2-3,6-7,10H,4-5,8-9H2,1H3,(H,19,22). The number of fused-ring (bicyclic) bond motifs is 1. The van der Waals surface area contributed by atoms with Gasteiger partial charge in [0.05, 0.1) is 4.88 Å². The van der Waals surface area contributed by atoms with E-state index in [0.29, 0.717) is 24.5 Å². The minimum Gasteiger partial charge on any atom is -0.347 e. The fourth-order valence-electron chi connectivity index (χ4n) is 2.65. The van der Waals surface area contributed by atoms with Gasteiger partial charge in [-0.3, -0.25) is 9.59 Å². The number of benzene rings is 1. The monoisotopic (exact) mass is 332 g/mol. The molecule has 0 bridgehead atoms. The Morgan fingerprint density at radius 2 is 2.26 bits per heavy atom. The van der Waals surface area contributed by atoms with Crippen LogP contribution in [0.2, 0.25) is 0 Å². The molecule has 2 heterocycles. The molecule has 1 aromatic heterocycles. The van der Waals surface area contributed by atoms with Gasteiger partial charge in [-0.25, -0.2) is 4.39 Å². The average molecular weight is 332 g/mol. The van der Waals surface area contributed by atoms with E-state index in [9.17, 15) is 14.0 Å². The lowest BCUT2D eigenvalue weighted by molar-refractivity contribution is -0.118. The predicted molar refractivity (Wildman–Crippen MR) is 86.8 cm³/mol. The van der Waals surface area contributed by atoms with Gasteiger partial charge in [0, 0.05) is 24.5 Å². The van der Waals surface area contributed by atoms with Gasteiger partial charge in [0.2, 0.25) is 6.41 Å². The summed E-state index contributed by atoms with van der Waals surface area (Å²) in [7, 11) is 0. The van der Waals surface area contributed by atoms with Gasteiger partial charge < -0.3 is 10.2 Å². The molecule has 4 nitrogen and oxygen atoms in total. The molecule has 1 aliphatic rings. The minimum atomic E-state index is -0.305. The minimum absolute atomic E-state index is 0.161. The third-order valence-electron chi connectivity index (χ3n) is 4.02. The van der Waals surface area contributed by atoms with Crippen LogP contribution in [0.25, 0.3) is 0 Å². The van der Waals surface area contributed by atoms with Crippen molar-refractivity contribution in [3.63, 3.8) is 0 Å². The van der Waals surface area contributed by atoms with Crippen molar-refractivity contribution in [2.24, 2.45) is 0 Å². The van der Waals surface area contributed by atoms with E-state index in [0.717, 1.165) is 34.4 Å². The van der Waals surface area contributed by atoms with Gasteiger partial charge in [-0.15, -0.1) is 11.3 Å². The second-order valence-electron chi connectivity index (χ2n) is 5.64. The molecule has 0 aliphatic carbocycles. The summed E-state index contributed by atoms with van der Waals surface area (Å²) in [6.07, 6.45) is 1.63. The highest BCUT2D eigenvalue weighted by Crippen LogP contribution is 2.27. The zero-order chi connectivity index (χ0) is 16.4. The van der Waals surface area contributed by atoms with Crippen LogP contribution in [0.1, 0.15) is 31.2 Å². The molecule has 1 aliphatic heterocycles. The van der Waals surface area contributed by atoms with Crippen LogP contribution >= 0.6 is 11.3 Å². The molecule has 0 spiro atoms. The normalized spacial score (nSPS) is 13.6. The number of carbonyl (C=O) groups excluding carboxylic acids is 2. The van der Waals surface area contributed by atoms with Crippen molar-refractivity contribution in [1.82, 2.24) is 10.2 Å². The third-order valence-corrected chi connectivity index (χ3v) is 5.26. The van der Waals surface area contributed by atoms with E-state index in [4.69, 9.17) is 0 Å². The summed E-state index contributed by atoms with van der Waals surface area (Å²) in [6, 6.07) is 6.40. The van der Waals surface area contributed by atoms with Gasteiger partial charge in [-0.2, -0.15) is 0 Å². The Morgan fingerprint density at radius 3 is 3.04 bits per heavy atom. The molecule has 0 unspecified atom stereocenters. The molecule has 0 saturated carbocycles. The summed E-state index contributed by atoms with van der Waals surface area (Å²) in [6.45, 7) is 3.44. The first-order valence-electron chi connectivity index (χ1n) is 7.41. The molecule has 6 heteroatoms. The maximum Gasteiger partial charge on any atom is 0.261 e. The quantitative estimate of drug-likeness (QED) is 0.875. The second kappa shape index (κ2) is 6.50. The summed E-state index contributed by atoms with van der Waals surface area (Å²) in [5.41, 5.74) is 2.76. The summed E-state index contributed by atoms with van der Waals surface area (Å²) in [5.74, 6) is -0.467. The summed E-state index contributed by atoms with van der Waals surface area (Å²) in [4.78, 5) is 26.7. The maximum atomic E-state index is 13.3. The Balaban J connectivity index is 1.68. The first kappa shape index (κ1) is 15.7. The Kier molecular flexibility index (Phi) is 4.43. The highest BCUT2D eigenvalue weighted by Gasteiger charge is 2.20. The molecule has 1 N–H and O–H groups in total. The van der Waals surface area contributed by atoms with Crippen molar-refractivity contribution in [1.29, 1.82) is 0 Å². The van der Waals surface area contributed by atoms with Crippen molar-refractivity contribution < 1.29 is 14.0 Å². The van der Waals surface area contributed by atoms with Crippen molar-refractivity contribution in [3.8, 4) is 0 Å². The smallest absolute Gasteiger partial charge is 0.261 e. The second-order valence-corrected chi connectivity index (χ2v) is 6.78. The Morgan fingerprint density at radius 1 is 1.43 bits per heavy atom. The number of hydrogen-bond acceptors (Lipinski definition) is 3. The van der Waals surface area contributed by atoms with Crippen LogP contribution in [0, 0.1) is 12.7 Å². The van der Waals surface area contributed by atoms with E-state index >= 15 is 0 Å². The number of thiophene rings is 1. The number of nitrogens with one attached hydrogen (secondary N) is 1. The summed E-state index contributed by atoms with van der Waals surface area (Å²) in [5, 5.41) is 2.84. The van der Waals surface area contributed by atoms with E-state index in [-0.39, 0.29) is 11.7 Å². The van der Waals surface area contributed by atoms with Crippen LogP contribution in [0.15, 0.2) is 24.3 Å². The fraction of sp³-hybridized carbons (Fsp3) is 0.294. The van der Waals surface area contributed by atoms with E-state index < -0.39 is 0 Å². The molecule has 3 rings (SSSR count). The predicted octanol–water partition coefficient (Wildman–Crippen LogP) is 2.64. The van der Waals surface area contributed by atoms with E-state index in [2.05, 4.69) is 5.32 Å². The lowest BCUT2D eigenvalue weighted by atomic mass is 10.1. The van der Waals surface area contributed by atoms with Crippen LogP contribution in [0.4, 0.5) is 4.39 Å². The molecular formula is C17H17FN2O2S. The lowest BCUT2D eigenvalue weighted by Gasteiger charge is -2.22. The van der Waals surface area contributed by atoms with Gasteiger partial charge in [-0.1, -0.05) is 6.07 Å². The van der Waals surface area contributed by atoms with Gasteiger partial charge in [0.25, 0.3) is 5.91 Å². The highest BCUT2D eigenvalue weighted by atomic mass is 32.1. The zero-order valence-corrected chi connectivity index (χ0v) is 13.6. The average Bonchev–Trinajstić information content (AvgIpc) is 2.98. The Bertz CT molecular complexity index is 757. The van der Waals surface area contributed by atoms with Gasteiger partial charge in [0.1, 0.15) is 5.82 Å². The molecule has 23 heavy (non-hydrogen) atoms. The van der Waals surface area contributed by atoms with Crippen LogP contribution in [0.5, 0.6) is 0 Å². The number of halogens is 1. The SMILES string of the molecule is Cc1ccc(F)cc1CNC(=O)c1cc2c(s1)CCN(C=O)C2. The number of rotatable bonds is 4. The van der Waals surface area contributed by atoms with Crippen LogP contribution in [-0.4, -0.2) is 23.8 Å². The Labute approximate surface area is 137 Å². The first-order valence-corrected chi connectivity index (χ1v) is 8.22. The first-order chi connectivity index (χ1) is 11.1. The molecule has 2 amide bonds. The van der Waals surface area contributed by atoms with Crippen molar-refractivity contribution in [2.75, 3.05) is 6.54 Å². The highest BCUT2D eigenvalue weighted by molar-refractivity contribution is 7.14. The number of amides is 2. The van der Waals surface area contributed by atoms with Gasteiger partial charge in [0.15, 0.2) is 0 Å². The molecular weight excluding hydrogens is 315 g/mol. The number of aryl methyl sites for hydroxylation is 1.